The van der Waals surface area contributed by atoms with Gasteiger partial charge in [0.1, 0.15) is 0 Å². The van der Waals surface area contributed by atoms with Crippen molar-refractivity contribution in [3.8, 4) is 0 Å². The van der Waals surface area contributed by atoms with E-state index in [1.54, 1.807) is 13.0 Å². The lowest BCUT2D eigenvalue weighted by atomic mass is 10.1. The summed E-state index contributed by atoms with van der Waals surface area (Å²) < 4.78 is 7.02. The van der Waals surface area contributed by atoms with Gasteiger partial charge >= 0.3 is 0 Å². The van der Waals surface area contributed by atoms with Crippen molar-refractivity contribution in [3.05, 3.63) is 53.7 Å². The summed E-state index contributed by atoms with van der Waals surface area (Å²) in [5, 5.41) is 11.0. The number of aliphatic hydroxyl groups excluding tert-OH is 1. The molecular weight excluding hydrogens is 254 g/mol. The molecule has 3 rings (SSSR count). The number of fused-ring (bicyclic) bond motifs is 3. The molecule has 0 aliphatic heterocycles. The number of pyridine rings is 1. The van der Waals surface area contributed by atoms with Crippen molar-refractivity contribution >= 4 is 22.2 Å². The lowest BCUT2D eigenvalue weighted by molar-refractivity contribution is -0.0749. The van der Waals surface area contributed by atoms with Crippen molar-refractivity contribution in [1.82, 2.24) is 4.40 Å². The summed E-state index contributed by atoms with van der Waals surface area (Å²) in [4.78, 5) is 11.5. The lowest BCUT2D eigenvalue weighted by Crippen LogP contribution is -1.99. The Hall–Kier alpha value is -2.17. The molecule has 0 saturated heterocycles. The Kier molecular flexibility index (Phi) is 3.04. The number of methoxy groups -OCH3 is 1. The van der Waals surface area contributed by atoms with Crippen molar-refractivity contribution in [1.29, 1.82) is 0 Å². The smallest absolute Gasteiger partial charge is 0.183 e. The first-order valence-electron chi connectivity index (χ1n) is 6.38. The van der Waals surface area contributed by atoms with E-state index in [2.05, 4.69) is 0 Å². The summed E-state index contributed by atoms with van der Waals surface area (Å²) in [5.74, 6) is 0.0200. The van der Waals surface area contributed by atoms with Crippen LogP contribution in [-0.4, -0.2) is 22.4 Å². The van der Waals surface area contributed by atoms with Crippen LogP contribution in [0.5, 0.6) is 0 Å². The number of hydrogen-bond donors (Lipinski definition) is 1. The van der Waals surface area contributed by atoms with Crippen molar-refractivity contribution in [2.24, 2.45) is 0 Å². The second-order valence-electron chi connectivity index (χ2n) is 4.75. The van der Waals surface area contributed by atoms with Crippen molar-refractivity contribution in [2.75, 3.05) is 7.11 Å². The predicted octanol–water partition coefficient (Wildman–Crippen LogP) is 2.93. The van der Waals surface area contributed by atoms with Crippen LogP contribution in [0.3, 0.4) is 0 Å². The van der Waals surface area contributed by atoms with Crippen LogP contribution in [0.2, 0.25) is 0 Å². The molecule has 0 fully saturated rings. The minimum atomic E-state index is -0.993. The molecule has 0 aliphatic carbocycles. The molecule has 2 heterocycles. The van der Waals surface area contributed by atoms with E-state index in [9.17, 15) is 9.90 Å². The Balaban J connectivity index is 2.44. The molecule has 2 aromatic heterocycles. The van der Waals surface area contributed by atoms with Crippen LogP contribution < -0.4 is 0 Å². The standard InChI is InChI=1S/C16H15NO3/c1-10(18)11-6-7-12-14(9-11)17-8-4-3-5-13(17)15(12)16(19)20-2/h3-9,16,19H,1-2H3. The highest BCUT2D eigenvalue weighted by Gasteiger charge is 2.18. The SMILES string of the molecule is COC(O)c1c2ccc(C(C)=O)cc2n2ccccc12. The molecule has 1 atom stereocenters. The zero-order valence-electron chi connectivity index (χ0n) is 11.3. The Morgan fingerprint density at radius 2 is 2.05 bits per heavy atom. The Morgan fingerprint density at radius 1 is 1.25 bits per heavy atom. The quantitative estimate of drug-likeness (QED) is 0.587. The number of carbonyl (C=O) groups is 1. The highest BCUT2D eigenvalue weighted by Crippen LogP contribution is 2.32. The largest absolute Gasteiger partial charge is 0.364 e. The van der Waals surface area contributed by atoms with Gasteiger partial charge in [0.2, 0.25) is 0 Å². The van der Waals surface area contributed by atoms with Crippen LogP contribution in [0.25, 0.3) is 16.4 Å². The van der Waals surface area contributed by atoms with Crippen LogP contribution in [-0.2, 0) is 4.74 Å². The molecule has 1 N–H and O–H groups in total. The number of ether oxygens (including phenoxy) is 1. The van der Waals surface area contributed by atoms with Gasteiger partial charge in [-0.2, -0.15) is 0 Å². The van der Waals surface area contributed by atoms with Gasteiger partial charge in [0, 0.05) is 29.8 Å². The van der Waals surface area contributed by atoms with Gasteiger partial charge in [-0.05, 0) is 25.1 Å². The molecule has 0 spiro atoms. The molecule has 1 unspecified atom stereocenters. The third-order valence-electron chi connectivity index (χ3n) is 3.56. The second kappa shape index (κ2) is 4.74. The van der Waals surface area contributed by atoms with Gasteiger partial charge in [0.05, 0.1) is 11.0 Å². The fraction of sp³-hybridized carbons (Fsp3) is 0.188. The number of hydrogen-bond acceptors (Lipinski definition) is 3. The third kappa shape index (κ3) is 1.81. The van der Waals surface area contributed by atoms with Crippen molar-refractivity contribution in [3.63, 3.8) is 0 Å². The summed E-state index contributed by atoms with van der Waals surface area (Å²) in [6, 6.07) is 11.2. The summed E-state index contributed by atoms with van der Waals surface area (Å²) in [6.45, 7) is 1.54. The van der Waals surface area contributed by atoms with Gasteiger partial charge < -0.3 is 14.2 Å². The third-order valence-corrected chi connectivity index (χ3v) is 3.56. The molecule has 102 valence electrons. The molecule has 3 aromatic rings. The molecule has 4 nitrogen and oxygen atoms in total. The van der Waals surface area contributed by atoms with E-state index < -0.39 is 6.29 Å². The fourth-order valence-corrected chi connectivity index (χ4v) is 2.57. The molecule has 0 bridgehead atoms. The van der Waals surface area contributed by atoms with Gasteiger partial charge in [-0.1, -0.05) is 18.2 Å². The van der Waals surface area contributed by atoms with Gasteiger partial charge in [-0.25, -0.2) is 0 Å². The second-order valence-corrected chi connectivity index (χ2v) is 4.75. The van der Waals surface area contributed by atoms with E-state index in [0.717, 1.165) is 22.0 Å². The Morgan fingerprint density at radius 3 is 2.75 bits per heavy atom. The van der Waals surface area contributed by atoms with Crippen molar-refractivity contribution < 1.29 is 14.6 Å². The zero-order chi connectivity index (χ0) is 14.3. The normalized spacial score (nSPS) is 12.9. The maximum absolute atomic E-state index is 11.5. The number of ketones is 1. The Bertz CT molecular complexity index is 804. The minimum absolute atomic E-state index is 0.0200. The number of Topliss-reactive ketones (excluding diaryl/α,β-unsaturated/α-hetero) is 1. The minimum Gasteiger partial charge on any atom is -0.364 e. The molecule has 0 aliphatic rings. The summed E-state index contributed by atoms with van der Waals surface area (Å²) in [6.07, 6.45) is 0.918. The van der Waals surface area contributed by atoms with E-state index in [0.29, 0.717) is 5.56 Å². The van der Waals surface area contributed by atoms with Crippen LogP contribution in [0, 0.1) is 0 Å². The number of carbonyl (C=O) groups excluding carboxylic acids is 1. The molecular formula is C16H15NO3. The summed E-state index contributed by atoms with van der Waals surface area (Å²) in [5.41, 5.74) is 3.13. The van der Waals surface area contributed by atoms with E-state index in [1.807, 2.05) is 40.9 Å². The highest BCUT2D eigenvalue weighted by atomic mass is 16.6. The van der Waals surface area contributed by atoms with Crippen LogP contribution in [0.15, 0.2) is 42.6 Å². The highest BCUT2D eigenvalue weighted by molar-refractivity contribution is 6.00. The maximum atomic E-state index is 11.5. The van der Waals surface area contributed by atoms with E-state index in [1.165, 1.54) is 7.11 Å². The average Bonchev–Trinajstić information content (AvgIpc) is 2.80. The first-order valence-corrected chi connectivity index (χ1v) is 6.38. The summed E-state index contributed by atoms with van der Waals surface area (Å²) in [7, 11) is 1.47. The average molecular weight is 269 g/mol. The van der Waals surface area contributed by atoms with Gasteiger partial charge in [-0.15, -0.1) is 0 Å². The molecule has 1 aromatic carbocycles. The number of nitrogens with zero attached hydrogens (tertiary/aromatic N) is 1. The molecule has 0 saturated carbocycles. The van der Waals surface area contributed by atoms with Gasteiger partial charge in [-0.3, -0.25) is 4.79 Å². The first-order chi connectivity index (χ1) is 9.63. The number of aromatic nitrogens is 1. The lowest BCUT2D eigenvalue weighted by Gasteiger charge is -2.08. The van der Waals surface area contributed by atoms with Crippen LogP contribution >= 0.6 is 0 Å². The summed E-state index contributed by atoms with van der Waals surface area (Å²) >= 11 is 0. The molecule has 4 heteroatoms. The zero-order valence-corrected chi connectivity index (χ0v) is 11.3. The molecule has 0 amide bonds. The van der Waals surface area contributed by atoms with Gasteiger partial charge in [0.25, 0.3) is 0 Å². The van der Waals surface area contributed by atoms with E-state index in [4.69, 9.17) is 4.74 Å². The van der Waals surface area contributed by atoms with Gasteiger partial charge in [0.15, 0.2) is 12.1 Å². The number of rotatable bonds is 3. The first kappa shape index (κ1) is 12.8. The van der Waals surface area contributed by atoms with Crippen molar-refractivity contribution in [2.45, 2.75) is 13.2 Å². The fourth-order valence-electron chi connectivity index (χ4n) is 2.57. The van der Waals surface area contributed by atoms with E-state index >= 15 is 0 Å². The maximum Gasteiger partial charge on any atom is 0.183 e. The monoisotopic (exact) mass is 269 g/mol. The Labute approximate surface area is 116 Å². The van der Waals surface area contributed by atoms with Crippen LogP contribution in [0.1, 0.15) is 29.1 Å². The molecule has 20 heavy (non-hydrogen) atoms. The number of benzene rings is 1. The van der Waals surface area contributed by atoms with E-state index in [-0.39, 0.29) is 5.78 Å². The van der Waals surface area contributed by atoms with Crippen LogP contribution in [0.4, 0.5) is 0 Å². The molecule has 0 radical (unpaired) electrons. The predicted molar refractivity (Wildman–Crippen MR) is 76.9 cm³/mol. The number of aliphatic hydroxyl groups is 1. The topological polar surface area (TPSA) is 50.9 Å².